The van der Waals surface area contributed by atoms with Crippen LogP contribution in [0, 0.1) is 6.92 Å². The number of benzene rings is 1. The monoisotopic (exact) mass is 272 g/mol. The van der Waals surface area contributed by atoms with E-state index >= 15 is 0 Å². The van der Waals surface area contributed by atoms with Crippen molar-refractivity contribution < 1.29 is 18.4 Å². The minimum absolute atomic E-state index is 0.218. The molecule has 1 unspecified atom stereocenters. The Bertz CT molecular complexity index is 757. The molecule has 6 nitrogen and oxygen atoms in total. The molecule has 102 valence electrons. The summed E-state index contributed by atoms with van der Waals surface area (Å²) >= 11 is 0. The summed E-state index contributed by atoms with van der Waals surface area (Å²) in [6.07, 6.45) is 0.218. The van der Waals surface area contributed by atoms with Crippen molar-refractivity contribution in [3.05, 3.63) is 30.1 Å². The van der Waals surface area contributed by atoms with Crippen LogP contribution in [0.15, 0.2) is 33.2 Å². The van der Waals surface area contributed by atoms with Gasteiger partial charge in [-0.3, -0.25) is 0 Å². The van der Waals surface area contributed by atoms with Crippen molar-refractivity contribution in [3.8, 4) is 17.4 Å². The average Bonchev–Trinajstić information content (AvgIpc) is 3.00. The lowest BCUT2D eigenvalue weighted by molar-refractivity contribution is 0.265. The Kier molecular flexibility index (Phi) is 2.50. The van der Waals surface area contributed by atoms with Gasteiger partial charge in [0, 0.05) is 6.07 Å². The fourth-order valence-electron chi connectivity index (χ4n) is 2.01. The average molecular weight is 272 g/mol. The van der Waals surface area contributed by atoms with Crippen LogP contribution in [-0.4, -0.2) is 29.5 Å². The number of rotatable bonds is 4. The molecule has 0 N–H and O–H groups in total. The fourth-order valence-corrected chi connectivity index (χ4v) is 2.01. The van der Waals surface area contributed by atoms with Gasteiger partial charge in [0.2, 0.25) is 0 Å². The van der Waals surface area contributed by atoms with Crippen LogP contribution in [0.5, 0.6) is 5.75 Å². The van der Waals surface area contributed by atoms with E-state index in [0.29, 0.717) is 24.1 Å². The topological polar surface area (TPSA) is 73.8 Å². The summed E-state index contributed by atoms with van der Waals surface area (Å²) < 4.78 is 21.7. The molecular weight excluding hydrogens is 260 g/mol. The van der Waals surface area contributed by atoms with E-state index in [4.69, 9.17) is 18.4 Å². The number of hydrogen-bond acceptors (Lipinski definition) is 6. The first-order chi connectivity index (χ1) is 9.79. The molecule has 1 fully saturated rings. The van der Waals surface area contributed by atoms with Crippen LogP contribution >= 0.6 is 0 Å². The van der Waals surface area contributed by atoms with E-state index in [1.165, 1.54) is 0 Å². The summed E-state index contributed by atoms with van der Waals surface area (Å²) in [6.45, 7) is 3.09. The number of fused-ring (bicyclic) bond motifs is 1. The predicted octanol–water partition coefficient (Wildman–Crippen LogP) is 2.57. The van der Waals surface area contributed by atoms with Gasteiger partial charge in [-0.05, 0) is 19.1 Å². The highest BCUT2D eigenvalue weighted by molar-refractivity contribution is 5.87. The van der Waals surface area contributed by atoms with Crippen molar-refractivity contribution in [1.82, 2.24) is 10.1 Å². The Hall–Kier alpha value is -2.34. The zero-order chi connectivity index (χ0) is 13.5. The molecule has 0 radical (unpaired) electrons. The van der Waals surface area contributed by atoms with Crippen LogP contribution in [0.3, 0.4) is 0 Å². The second-order valence-electron chi connectivity index (χ2n) is 4.69. The first-order valence-electron chi connectivity index (χ1n) is 6.37. The van der Waals surface area contributed by atoms with Gasteiger partial charge in [0.1, 0.15) is 24.0 Å². The fraction of sp³-hybridized carbons (Fsp3) is 0.286. The summed E-state index contributed by atoms with van der Waals surface area (Å²) in [5.74, 6) is 2.25. The van der Waals surface area contributed by atoms with Gasteiger partial charge in [-0.15, -0.1) is 0 Å². The first-order valence-corrected chi connectivity index (χ1v) is 6.37. The molecule has 2 aromatic heterocycles. The number of aryl methyl sites for hydroxylation is 1. The molecule has 0 spiro atoms. The molecule has 3 aromatic rings. The maximum absolute atomic E-state index is 5.75. The van der Waals surface area contributed by atoms with Gasteiger partial charge in [0.25, 0.3) is 5.89 Å². The number of epoxide rings is 1. The summed E-state index contributed by atoms with van der Waals surface area (Å²) in [5, 5.41) is 4.65. The second-order valence-corrected chi connectivity index (χ2v) is 4.69. The summed E-state index contributed by atoms with van der Waals surface area (Å²) in [4.78, 5) is 4.16. The Balaban J connectivity index is 1.72. The lowest BCUT2D eigenvalue weighted by Gasteiger charge is -2.04. The zero-order valence-electron chi connectivity index (χ0n) is 10.8. The molecule has 4 rings (SSSR count). The molecule has 1 aromatic carbocycles. The van der Waals surface area contributed by atoms with Crippen molar-refractivity contribution in [2.45, 2.75) is 13.0 Å². The molecule has 1 aliphatic heterocycles. The van der Waals surface area contributed by atoms with Gasteiger partial charge < -0.3 is 18.4 Å². The Labute approximate surface area is 114 Å². The standard InChI is InChI=1S/C14H12N2O4/c1-8-15-14(20-16-8)13-5-10-11(18-7-9-6-17-9)3-2-4-12(10)19-13/h2-5,9H,6-7H2,1H3. The van der Waals surface area contributed by atoms with Crippen molar-refractivity contribution in [3.63, 3.8) is 0 Å². The molecule has 1 saturated heterocycles. The highest BCUT2D eigenvalue weighted by Gasteiger charge is 2.24. The van der Waals surface area contributed by atoms with E-state index in [1.807, 2.05) is 24.3 Å². The van der Waals surface area contributed by atoms with Gasteiger partial charge >= 0.3 is 0 Å². The quantitative estimate of drug-likeness (QED) is 0.679. The largest absolute Gasteiger partial charge is 0.490 e. The van der Waals surface area contributed by atoms with Crippen molar-refractivity contribution >= 4 is 11.0 Å². The summed E-state index contributed by atoms with van der Waals surface area (Å²) in [7, 11) is 0. The summed E-state index contributed by atoms with van der Waals surface area (Å²) in [5.41, 5.74) is 0.727. The molecule has 20 heavy (non-hydrogen) atoms. The van der Waals surface area contributed by atoms with Crippen LogP contribution < -0.4 is 4.74 Å². The van der Waals surface area contributed by atoms with E-state index in [9.17, 15) is 0 Å². The Morgan fingerprint density at radius 2 is 2.30 bits per heavy atom. The van der Waals surface area contributed by atoms with Gasteiger partial charge in [-0.2, -0.15) is 4.98 Å². The number of furan rings is 1. The molecule has 1 aliphatic rings. The van der Waals surface area contributed by atoms with E-state index in [1.54, 1.807) is 6.92 Å². The van der Waals surface area contributed by atoms with Gasteiger partial charge in [0.15, 0.2) is 11.6 Å². The van der Waals surface area contributed by atoms with Gasteiger partial charge in [-0.25, -0.2) is 0 Å². The van der Waals surface area contributed by atoms with Crippen molar-refractivity contribution in [2.24, 2.45) is 0 Å². The maximum Gasteiger partial charge on any atom is 0.293 e. The SMILES string of the molecule is Cc1noc(-c2cc3c(OCC4CO4)cccc3o2)n1. The van der Waals surface area contributed by atoms with Crippen molar-refractivity contribution in [2.75, 3.05) is 13.2 Å². The summed E-state index contributed by atoms with van der Waals surface area (Å²) in [6, 6.07) is 7.52. The molecule has 0 bridgehead atoms. The van der Waals surface area contributed by atoms with Crippen LogP contribution in [0.4, 0.5) is 0 Å². The van der Waals surface area contributed by atoms with Gasteiger partial charge in [0.05, 0.1) is 12.0 Å². The lowest BCUT2D eigenvalue weighted by atomic mass is 10.2. The van der Waals surface area contributed by atoms with Crippen LogP contribution in [0.2, 0.25) is 0 Å². The molecular formula is C14H12N2O4. The molecule has 0 saturated carbocycles. The number of aromatic nitrogens is 2. The van der Waals surface area contributed by atoms with E-state index in [-0.39, 0.29) is 6.10 Å². The van der Waals surface area contributed by atoms with E-state index < -0.39 is 0 Å². The van der Waals surface area contributed by atoms with Crippen LogP contribution in [0.25, 0.3) is 22.6 Å². The lowest BCUT2D eigenvalue weighted by Crippen LogP contribution is -2.03. The Morgan fingerprint density at radius 1 is 1.40 bits per heavy atom. The van der Waals surface area contributed by atoms with Gasteiger partial charge in [-0.1, -0.05) is 11.2 Å². The molecule has 3 heterocycles. The minimum Gasteiger partial charge on any atom is -0.490 e. The third kappa shape index (κ3) is 2.04. The number of nitrogens with zero attached hydrogens (tertiary/aromatic N) is 2. The van der Waals surface area contributed by atoms with E-state index in [2.05, 4.69) is 10.1 Å². The Morgan fingerprint density at radius 3 is 3.05 bits per heavy atom. The number of ether oxygens (including phenoxy) is 2. The first kappa shape index (κ1) is 11.5. The smallest absolute Gasteiger partial charge is 0.293 e. The van der Waals surface area contributed by atoms with Crippen LogP contribution in [-0.2, 0) is 4.74 Å². The highest BCUT2D eigenvalue weighted by Crippen LogP contribution is 2.33. The highest BCUT2D eigenvalue weighted by atomic mass is 16.6. The molecule has 0 aliphatic carbocycles. The number of hydrogen-bond donors (Lipinski definition) is 0. The van der Waals surface area contributed by atoms with Crippen LogP contribution in [0.1, 0.15) is 5.82 Å². The maximum atomic E-state index is 5.75. The molecule has 0 amide bonds. The third-order valence-corrected chi connectivity index (χ3v) is 3.09. The molecule has 1 atom stereocenters. The predicted molar refractivity (Wildman–Crippen MR) is 69.5 cm³/mol. The minimum atomic E-state index is 0.218. The van der Waals surface area contributed by atoms with E-state index in [0.717, 1.165) is 23.3 Å². The zero-order valence-corrected chi connectivity index (χ0v) is 10.8. The molecule has 6 heteroatoms. The normalized spacial score (nSPS) is 17.6. The van der Waals surface area contributed by atoms with Crippen molar-refractivity contribution in [1.29, 1.82) is 0 Å². The third-order valence-electron chi connectivity index (χ3n) is 3.09. The second kappa shape index (κ2) is 4.35.